The smallest absolute Gasteiger partial charge is 0.142 e. The van der Waals surface area contributed by atoms with Crippen LogP contribution in [-0.4, -0.2) is 26.9 Å². The van der Waals surface area contributed by atoms with E-state index in [9.17, 15) is 0 Å². The van der Waals surface area contributed by atoms with Crippen molar-refractivity contribution in [1.82, 2.24) is 0 Å². The van der Waals surface area contributed by atoms with Gasteiger partial charge in [0.25, 0.3) is 0 Å². The first-order valence-electron chi connectivity index (χ1n) is 7.41. The van der Waals surface area contributed by atoms with Gasteiger partial charge in [-0.3, -0.25) is 0 Å². The molecule has 0 amide bonds. The van der Waals surface area contributed by atoms with Crippen molar-refractivity contribution in [2.75, 3.05) is 26.1 Å². The topological polar surface area (TPSA) is 39.7 Å². The molecule has 4 nitrogen and oxygen atoms in total. The minimum Gasteiger partial charge on any atom is -0.497 e. The van der Waals surface area contributed by atoms with Crippen LogP contribution in [0.1, 0.15) is 11.1 Å². The molecule has 2 aromatic carbocycles. The molecule has 1 heterocycles. The van der Waals surface area contributed by atoms with Crippen LogP contribution >= 0.6 is 0 Å². The van der Waals surface area contributed by atoms with Crippen molar-refractivity contribution < 1.29 is 14.2 Å². The number of benzene rings is 2. The molecule has 0 bridgehead atoms. The SMILES string of the molecule is COc1ccc(OC)c(CC2CNc3cc(C)ccc3O2)c1. The quantitative estimate of drug-likeness (QED) is 0.939. The Morgan fingerprint density at radius 2 is 2.00 bits per heavy atom. The Morgan fingerprint density at radius 3 is 2.77 bits per heavy atom. The van der Waals surface area contributed by atoms with Crippen molar-refractivity contribution in [2.45, 2.75) is 19.4 Å². The van der Waals surface area contributed by atoms with Crippen molar-refractivity contribution in [3.63, 3.8) is 0 Å². The number of aryl methyl sites for hydroxylation is 1. The second kappa shape index (κ2) is 6.18. The summed E-state index contributed by atoms with van der Waals surface area (Å²) in [6.07, 6.45) is 0.831. The average molecular weight is 299 g/mol. The van der Waals surface area contributed by atoms with Gasteiger partial charge in [-0.25, -0.2) is 0 Å². The van der Waals surface area contributed by atoms with Crippen molar-refractivity contribution in [3.8, 4) is 17.2 Å². The summed E-state index contributed by atoms with van der Waals surface area (Å²) in [7, 11) is 3.35. The summed E-state index contributed by atoms with van der Waals surface area (Å²) in [5.41, 5.74) is 3.38. The molecular formula is C18H21NO3. The zero-order valence-corrected chi connectivity index (χ0v) is 13.2. The van der Waals surface area contributed by atoms with Gasteiger partial charge in [-0.05, 0) is 42.8 Å². The van der Waals surface area contributed by atoms with E-state index in [0.717, 1.165) is 41.5 Å². The van der Waals surface area contributed by atoms with Crippen LogP contribution in [0.4, 0.5) is 5.69 Å². The van der Waals surface area contributed by atoms with E-state index in [1.807, 2.05) is 24.3 Å². The van der Waals surface area contributed by atoms with Crippen LogP contribution in [-0.2, 0) is 6.42 Å². The van der Waals surface area contributed by atoms with Crippen LogP contribution in [0, 0.1) is 6.92 Å². The third-order valence-corrected chi connectivity index (χ3v) is 3.88. The van der Waals surface area contributed by atoms with E-state index >= 15 is 0 Å². The Hall–Kier alpha value is -2.36. The maximum Gasteiger partial charge on any atom is 0.142 e. The molecule has 0 spiro atoms. The minimum absolute atomic E-state index is 0.0659. The zero-order valence-electron chi connectivity index (χ0n) is 13.2. The summed E-state index contributed by atoms with van der Waals surface area (Å²) in [4.78, 5) is 0. The van der Waals surface area contributed by atoms with Gasteiger partial charge in [0.15, 0.2) is 0 Å². The number of methoxy groups -OCH3 is 2. The molecule has 0 aromatic heterocycles. The van der Waals surface area contributed by atoms with Gasteiger partial charge in [0.2, 0.25) is 0 Å². The lowest BCUT2D eigenvalue weighted by Crippen LogP contribution is -2.32. The molecule has 0 saturated heterocycles. The van der Waals surface area contributed by atoms with Gasteiger partial charge in [0, 0.05) is 12.0 Å². The van der Waals surface area contributed by atoms with Crippen LogP contribution in [0.2, 0.25) is 0 Å². The normalized spacial score (nSPS) is 16.2. The Kier molecular flexibility index (Phi) is 4.09. The zero-order chi connectivity index (χ0) is 15.5. The van der Waals surface area contributed by atoms with Crippen LogP contribution < -0.4 is 19.5 Å². The first-order valence-corrected chi connectivity index (χ1v) is 7.41. The van der Waals surface area contributed by atoms with Gasteiger partial charge in [-0.15, -0.1) is 0 Å². The van der Waals surface area contributed by atoms with E-state index < -0.39 is 0 Å². The highest BCUT2D eigenvalue weighted by atomic mass is 16.5. The van der Waals surface area contributed by atoms with E-state index in [-0.39, 0.29) is 6.10 Å². The van der Waals surface area contributed by atoms with Crippen molar-refractivity contribution in [3.05, 3.63) is 47.5 Å². The summed E-state index contributed by atoms with van der Waals surface area (Å²) in [6.45, 7) is 2.85. The average Bonchev–Trinajstić information content (AvgIpc) is 2.55. The molecule has 1 atom stereocenters. The van der Waals surface area contributed by atoms with Gasteiger partial charge in [-0.2, -0.15) is 0 Å². The van der Waals surface area contributed by atoms with E-state index in [0.29, 0.717) is 0 Å². The lowest BCUT2D eigenvalue weighted by molar-refractivity contribution is 0.205. The predicted molar refractivity (Wildman–Crippen MR) is 87.3 cm³/mol. The molecule has 1 aliphatic rings. The number of rotatable bonds is 4. The number of ether oxygens (including phenoxy) is 3. The summed E-state index contributed by atoms with van der Waals surface area (Å²) >= 11 is 0. The molecule has 1 N–H and O–H groups in total. The standard InChI is InChI=1S/C18H21NO3/c1-12-4-6-18-16(8-12)19-11-15(22-18)10-13-9-14(20-2)5-7-17(13)21-3/h4-9,15,19H,10-11H2,1-3H3. The van der Waals surface area contributed by atoms with E-state index in [1.165, 1.54) is 5.56 Å². The number of hydrogen-bond acceptors (Lipinski definition) is 4. The van der Waals surface area contributed by atoms with Gasteiger partial charge < -0.3 is 19.5 Å². The molecule has 0 aliphatic carbocycles. The Morgan fingerprint density at radius 1 is 1.14 bits per heavy atom. The molecule has 3 rings (SSSR count). The van der Waals surface area contributed by atoms with Gasteiger partial charge in [-0.1, -0.05) is 6.07 Å². The molecule has 0 fully saturated rings. The lowest BCUT2D eigenvalue weighted by Gasteiger charge is -2.28. The lowest BCUT2D eigenvalue weighted by atomic mass is 10.0. The highest BCUT2D eigenvalue weighted by Crippen LogP contribution is 2.32. The van der Waals surface area contributed by atoms with Crippen LogP contribution in [0.3, 0.4) is 0 Å². The molecule has 0 saturated carbocycles. The fraction of sp³-hybridized carbons (Fsp3) is 0.333. The second-order valence-electron chi connectivity index (χ2n) is 5.50. The molecular weight excluding hydrogens is 278 g/mol. The van der Waals surface area contributed by atoms with Crippen molar-refractivity contribution in [1.29, 1.82) is 0 Å². The molecule has 22 heavy (non-hydrogen) atoms. The van der Waals surface area contributed by atoms with Crippen LogP contribution in [0.5, 0.6) is 17.2 Å². The largest absolute Gasteiger partial charge is 0.497 e. The van der Waals surface area contributed by atoms with Crippen molar-refractivity contribution in [2.24, 2.45) is 0 Å². The molecule has 0 radical (unpaired) electrons. The first-order chi connectivity index (χ1) is 10.7. The van der Waals surface area contributed by atoms with Crippen LogP contribution in [0.15, 0.2) is 36.4 Å². The van der Waals surface area contributed by atoms with Gasteiger partial charge >= 0.3 is 0 Å². The molecule has 116 valence electrons. The molecule has 1 unspecified atom stereocenters. The molecule has 2 aromatic rings. The Labute approximate surface area is 131 Å². The monoisotopic (exact) mass is 299 g/mol. The number of anilines is 1. The Balaban J connectivity index is 1.78. The third-order valence-electron chi connectivity index (χ3n) is 3.88. The Bertz CT molecular complexity index is 669. The van der Waals surface area contributed by atoms with E-state index in [1.54, 1.807) is 14.2 Å². The predicted octanol–water partition coefficient (Wildman–Crippen LogP) is 3.43. The fourth-order valence-electron chi connectivity index (χ4n) is 2.73. The number of fused-ring (bicyclic) bond motifs is 1. The second-order valence-corrected chi connectivity index (χ2v) is 5.50. The maximum absolute atomic E-state index is 6.10. The summed E-state index contributed by atoms with van der Waals surface area (Å²) in [5.74, 6) is 2.60. The highest BCUT2D eigenvalue weighted by molar-refractivity contribution is 5.59. The molecule has 1 aliphatic heterocycles. The summed E-state index contributed by atoms with van der Waals surface area (Å²) in [5, 5.41) is 3.44. The summed E-state index contributed by atoms with van der Waals surface area (Å²) < 4.78 is 16.8. The number of hydrogen-bond donors (Lipinski definition) is 1. The van der Waals surface area contributed by atoms with Gasteiger partial charge in [0.1, 0.15) is 23.4 Å². The fourth-order valence-corrected chi connectivity index (χ4v) is 2.73. The van der Waals surface area contributed by atoms with Crippen molar-refractivity contribution >= 4 is 5.69 Å². The first kappa shape index (κ1) is 14.6. The van der Waals surface area contributed by atoms with Gasteiger partial charge in [0.05, 0.1) is 26.5 Å². The number of nitrogens with one attached hydrogen (secondary N) is 1. The van der Waals surface area contributed by atoms with Crippen LogP contribution in [0.25, 0.3) is 0 Å². The minimum atomic E-state index is 0.0659. The molecule has 4 heteroatoms. The third kappa shape index (κ3) is 2.96. The highest BCUT2D eigenvalue weighted by Gasteiger charge is 2.21. The van der Waals surface area contributed by atoms with E-state index in [4.69, 9.17) is 14.2 Å². The summed E-state index contributed by atoms with van der Waals surface area (Å²) in [6, 6.07) is 12.0. The maximum atomic E-state index is 6.10. The van der Waals surface area contributed by atoms with E-state index in [2.05, 4.69) is 24.4 Å².